The second-order valence-electron chi connectivity index (χ2n) is 8.03. The Balaban J connectivity index is 0.00000289. The maximum atomic E-state index is 13.3. The molecular formula is C24H32FIN6. The van der Waals surface area contributed by atoms with Crippen molar-refractivity contribution in [3.8, 4) is 0 Å². The van der Waals surface area contributed by atoms with Crippen LogP contribution in [0.3, 0.4) is 0 Å². The fourth-order valence-electron chi connectivity index (χ4n) is 4.10. The summed E-state index contributed by atoms with van der Waals surface area (Å²) in [5.74, 6) is 1.60. The second-order valence-corrected chi connectivity index (χ2v) is 8.03. The molecule has 1 fully saturated rings. The van der Waals surface area contributed by atoms with Gasteiger partial charge in [-0.1, -0.05) is 18.9 Å². The van der Waals surface area contributed by atoms with Gasteiger partial charge in [-0.3, -0.25) is 4.99 Å². The highest BCUT2D eigenvalue weighted by Gasteiger charge is 2.11. The van der Waals surface area contributed by atoms with E-state index < -0.39 is 0 Å². The number of aromatic amines is 1. The van der Waals surface area contributed by atoms with Crippen LogP contribution in [0.15, 0.2) is 47.7 Å². The Morgan fingerprint density at radius 1 is 1.12 bits per heavy atom. The van der Waals surface area contributed by atoms with Gasteiger partial charge in [0.25, 0.3) is 0 Å². The van der Waals surface area contributed by atoms with Crippen LogP contribution in [0, 0.1) is 5.82 Å². The van der Waals surface area contributed by atoms with E-state index in [0.717, 1.165) is 59.9 Å². The van der Waals surface area contributed by atoms with E-state index in [1.54, 1.807) is 7.05 Å². The van der Waals surface area contributed by atoms with Crippen LogP contribution in [0.25, 0.3) is 10.9 Å². The summed E-state index contributed by atoms with van der Waals surface area (Å²) in [4.78, 5) is 14.5. The first-order valence-corrected chi connectivity index (χ1v) is 11.1. The van der Waals surface area contributed by atoms with Gasteiger partial charge in [-0.05, 0) is 54.7 Å². The lowest BCUT2D eigenvalue weighted by Gasteiger charge is -2.21. The van der Waals surface area contributed by atoms with Crippen LogP contribution in [0.5, 0.6) is 0 Å². The predicted molar refractivity (Wildman–Crippen MR) is 140 cm³/mol. The van der Waals surface area contributed by atoms with Gasteiger partial charge in [-0.15, -0.1) is 24.0 Å². The fourth-order valence-corrected chi connectivity index (χ4v) is 4.10. The Kier molecular flexibility index (Phi) is 9.13. The zero-order valence-electron chi connectivity index (χ0n) is 18.5. The summed E-state index contributed by atoms with van der Waals surface area (Å²) in [6, 6.07) is 9.11. The van der Waals surface area contributed by atoms with Crippen molar-refractivity contribution >= 4 is 46.7 Å². The molecule has 1 saturated heterocycles. The summed E-state index contributed by atoms with van der Waals surface area (Å²) < 4.78 is 13.3. The SMILES string of the molecule is CN=C(NCCc1c[nH]c2cc(F)ccc12)NCc1ccc(N2CCCCCC2)nc1.I. The number of aliphatic imine (C=N–C) groups is 1. The molecule has 0 radical (unpaired) electrons. The van der Waals surface area contributed by atoms with Crippen molar-refractivity contribution in [1.29, 1.82) is 0 Å². The lowest BCUT2D eigenvalue weighted by Crippen LogP contribution is -2.37. The van der Waals surface area contributed by atoms with Crippen LogP contribution in [0.1, 0.15) is 36.8 Å². The minimum Gasteiger partial charge on any atom is -0.361 e. The number of anilines is 1. The van der Waals surface area contributed by atoms with E-state index in [4.69, 9.17) is 0 Å². The summed E-state index contributed by atoms with van der Waals surface area (Å²) in [6.07, 6.45) is 9.86. The Morgan fingerprint density at radius 2 is 1.94 bits per heavy atom. The Bertz CT molecular complexity index is 1010. The van der Waals surface area contributed by atoms with Crippen LogP contribution in [-0.2, 0) is 13.0 Å². The van der Waals surface area contributed by atoms with E-state index in [1.807, 2.05) is 18.5 Å². The van der Waals surface area contributed by atoms with Crippen LogP contribution >= 0.6 is 24.0 Å². The lowest BCUT2D eigenvalue weighted by atomic mass is 10.1. The van der Waals surface area contributed by atoms with E-state index in [2.05, 4.69) is 42.6 Å². The number of halogens is 2. The van der Waals surface area contributed by atoms with Gasteiger partial charge in [0.15, 0.2) is 5.96 Å². The molecule has 1 aliphatic rings. The van der Waals surface area contributed by atoms with Crippen molar-refractivity contribution in [2.45, 2.75) is 38.6 Å². The number of nitrogens with zero attached hydrogens (tertiary/aromatic N) is 3. The standard InChI is InChI=1S/C24H31FN6.HI/c1-26-24(27-11-10-19-17-28-22-14-20(25)7-8-21(19)22)30-16-18-6-9-23(29-15-18)31-12-4-2-3-5-13-31;/h6-9,14-15,17,28H,2-5,10-13,16H2,1H3,(H2,26,27,30);1H. The van der Waals surface area contributed by atoms with Gasteiger partial charge in [0.2, 0.25) is 0 Å². The molecule has 6 nitrogen and oxygen atoms in total. The summed E-state index contributed by atoms with van der Waals surface area (Å²) >= 11 is 0. The number of hydrogen-bond donors (Lipinski definition) is 3. The van der Waals surface area contributed by atoms with Crippen LogP contribution in [0.4, 0.5) is 10.2 Å². The molecule has 1 aromatic carbocycles. The number of pyridine rings is 1. The van der Waals surface area contributed by atoms with Crippen LogP contribution < -0.4 is 15.5 Å². The van der Waals surface area contributed by atoms with E-state index in [0.29, 0.717) is 6.54 Å². The third-order valence-corrected chi connectivity index (χ3v) is 5.84. The third-order valence-electron chi connectivity index (χ3n) is 5.84. The van der Waals surface area contributed by atoms with Gasteiger partial charge in [-0.25, -0.2) is 9.37 Å². The van der Waals surface area contributed by atoms with Crippen LogP contribution in [-0.4, -0.2) is 42.6 Å². The Morgan fingerprint density at radius 3 is 2.66 bits per heavy atom. The molecular weight excluding hydrogens is 518 g/mol. The molecule has 0 unspecified atom stereocenters. The number of H-pyrrole nitrogens is 1. The molecule has 0 atom stereocenters. The van der Waals surface area contributed by atoms with Gasteiger partial charge in [0.1, 0.15) is 11.6 Å². The maximum absolute atomic E-state index is 13.3. The van der Waals surface area contributed by atoms with Gasteiger partial charge < -0.3 is 20.5 Å². The van der Waals surface area contributed by atoms with Crippen molar-refractivity contribution in [3.05, 3.63) is 59.7 Å². The first kappa shape index (κ1) is 24.3. The molecule has 32 heavy (non-hydrogen) atoms. The third kappa shape index (κ3) is 6.34. The molecule has 1 aliphatic heterocycles. The summed E-state index contributed by atoms with van der Waals surface area (Å²) in [7, 11) is 1.77. The molecule has 0 aliphatic carbocycles. The highest BCUT2D eigenvalue weighted by atomic mass is 127. The van der Waals surface area contributed by atoms with Gasteiger partial charge in [0.05, 0.1) is 0 Å². The molecule has 0 spiro atoms. The predicted octanol–water partition coefficient (Wildman–Crippen LogP) is 4.61. The number of nitrogens with one attached hydrogen (secondary N) is 3. The fraction of sp³-hybridized carbons (Fsp3) is 0.417. The van der Waals surface area contributed by atoms with E-state index >= 15 is 0 Å². The number of fused-ring (bicyclic) bond motifs is 1. The first-order valence-electron chi connectivity index (χ1n) is 11.1. The average molecular weight is 550 g/mol. The van der Waals surface area contributed by atoms with E-state index in [1.165, 1.54) is 37.8 Å². The number of guanidine groups is 1. The van der Waals surface area contributed by atoms with Crippen molar-refractivity contribution in [2.75, 3.05) is 31.6 Å². The average Bonchev–Trinajstić information content (AvgIpc) is 2.99. The Hall–Kier alpha value is -2.36. The molecule has 4 rings (SSSR count). The van der Waals surface area contributed by atoms with E-state index in [9.17, 15) is 4.39 Å². The molecule has 3 N–H and O–H groups in total. The highest BCUT2D eigenvalue weighted by molar-refractivity contribution is 14.0. The number of benzene rings is 1. The minimum absolute atomic E-state index is 0. The molecule has 0 saturated carbocycles. The van der Waals surface area contributed by atoms with Crippen molar-refractivity contribution < 1.29 is 4.39 Å². The Labute approximate surface area is 206 Å². The quantitative estimate of drug-likeness (QED) is 0.238. The molecule has 0 bridgehead atoms. The topological polar surface area (TPSA) is 68.3 Å². The monoisotopic (exact) mass is 550 g/mol. The van der Waals surface area contributed by atoms with Crippen molar-refractivity contribution in [2.24, 2.45) is 4.99 Å². The second kappa shape index (κ2) is 12.0. The zero-order chi connectivity index (χ0) is 21.5. The van der Waals surface area contributed by atoms with Gasteiger partial charge >= 0.3 is 0 Å². The maximum Gasteiger partial charge on any atom is 0.191 e. The molecule has 2 aromatic heterocycles. The molecule has 8 heteroatoms. The van der Waals surface area contributed by atoms with Crippen molar-refractivity contribution in [1.82, 2.24) is 20.6 Å². The normalized spacial score (nSPS) is 14.7. The first-order chi connectivity index (χ1) is 15.2. The molecule has 172 valence electrons. The number of rotatable bonds is 6. The zero-order valence-corrected chi connectivity index (χ0v) is 20.9. The van der Waals surface area contributed by atoms with Gasteiger partial charge in [-0.2, -0.15) is 0 Å². The number of hydrogen-bond acceptors (Lipinski definition) is 3. The summed E-state index contributed by atoms with van der Waals surface area (Å²) in [6.45, 7) is 3.61. The molecule has 3 aromatic rings. The minimum atomic E-state index is -0.224. The molecule has 3 heterocycles. The smallest absolute Gasteiger partial charge is 0.191 e. The lowest BCUT2D eigenvalue weighted by molar-refractivity contribution is 0.629. The highest BCUT2D eigenvalue weighted by Crippen LogP contribution is 2.19. The summed E-state index contributed by atoms with van der Waals surface area (Å²) in [5, 5.41) is 7.75. The van der Waals surface area contributed by atoms with Crippen molar-refractivity contribution in [3.63, 3.8) is 0 Å². The largest absolute Gasteiger partial charge is 0.361 e. The van der Waals surface area contributed by atoms with Crippen LogP contribution in [0.2, 0.25) is 0 Å². The number of aromatic nitrogens is 2. The molecule has 0 amide bonds. The van der Waals surface area contributed by atoms with E-state index in [-0.39, 0.29) is 29.8 Å². The summed E-state index contributed by atoms with van der Waals surface area (Å²) in [5.41, 5.74) is 3.11. The van der Waals surface area contributed by atoms with Gasteiger partial charge in [0, 0.05) is 56.5 Å².